The Labute approximate surface area is 133 Å². The standard InChI is InChI=1S/C15H20BrClN2O/c16-14-6-11(3-4-15(14)17)7-18-8-13-9-19-5-1-2-12(19)10-20-13/h3-4,6,12-13,18H,1-2,5,7-10H2. The average Bonchev–Trinajstić information content (AvgIpc) is 2.90. The molecule has 5 heteroatoms. The molecule has 1 aromatic rings. The van der Waals surface area contributed by atoms with Crippen LogP contribution in [0.25, 0.3) is 0 Å². The first-order valence-electron chi connectivity index (χ1n) is 7.22. The lowest BCUT2D eigenvalue weighted by atomic mass is 10.2. The molecule has 0 spiro atoms. The molecule has 1 N–H and O–H groups in total. The van der Waals surface area contributed by atoms with Crippen LogP contribution in [0.1, 0.15) is 18.4 Å². The Morgan fingerprint density at radius 1 is 1.45 bits per heavy atom. The van der Waals surface area contributed by atoms with Crippen LogP contribution in [0.3, 0.4) is 0 Å². The van der Waals surface area contributed by atoms with Crippen molar-refractivity contribution in [1.29, 1.82) is 0 Å². The molecule has 0 aliphatic carbocycles. The first kappa shape index (κ1) is 14.8. The van der Waals surface area contributed by atoms with Crippen molar-refractivity contribution in [2.75, 3.05) is 26.2 Å². The summed E-state index contributed by atoms with van der Waals surface area (Å²) in [7, 11) is 0. The van der Waals surface area contributed by atoms with Crippen molar-refractivity contribution < 1.29 is 4.74 Å². The SMILES string of the molecule is Clc1ccc(CNCC2CN3CCCC3CO2)cc1Br. The summed E-state index contributed by atoms with van der Waals surface area (Å²) >= 11 is 9.45. The van der Waals surface area contributed by atoms with Crippen LogP contribution < -0.4 is 5.32 Å². The number of rotatable bonds is 4. The molecule has 0 amide bonds. The number of nitrogens with zero attached hydrogens (tertiary/aromatic N) is 1. The van der Waals surface area contributed by atoms with Gasteiger partial charge >= 0.3 is 0 Å². The topological polar surface area (TPSA) is 24.5 Å². The van der Waals surface area contributed by atoms with Gasteiger partial charge in [0, 0.05) is 30.1 Å². The molecule has 2 heterocycles. The molecular weight excluding hydrogens is 340 g/mol. The Hall–Kier alpha value is -0.130. The van der Waals surface area contributed by atoms with Crippen LogP contribution in [-0.2, 0) is 11.3 Å². The Morgan fingerprint density at radius 2 is 2.35 bits per heavy atom. The molecule has 2 aliphatic heterocycles. The fourth-order valence-electron chi connectivity index (χ4n) is 3.04. The van der Waals surface area contributed by atoms with E-state index in [0.29, 0.717) is 12.1 Å². The highest BCUT2D eigenvalue weighted by Crippen LogP contribution is 2.24. The highest BCUT2D eigenvalue weighted by molar-refractivity contribution is 9.10. The lowest BCUT2D eigenvalue weighted by molar-refractivity contribution is -0.0470. The molecule has 0 saturated carbocycles. The lowest BCUT2D eigenvalue weighted by Gasteiger charge is -2.35. The van der Waals surface area contributed by atoms with Crippen molar-refractivity contribution in [3.05, 3.63) is 33.3 Å². The van der Waals surface area contributed by atoms with E-state index in [2.05, 4.69) is 38.3 Å². The van der Waals surface area contributed by atoms with Gasteiger partial charge in [0.2, 0.25) is 0 Å². The van der Waals surface area contributed by atoms with Gasteiger partial charge in [0.15, 0.2) is 0 Å². The summed E-state index contributed by atoms with van der Waals surface area (Å²) in [6.07, 6.45) is 2.95. The minimum Gasteiger partial charge on any atom is -0.374 e. The van der Waals surface area contributed by atoms with E-state index in [-0.39, 0.29) is 0 Å². The van der Waals surface area contributed by atoms with Crippen LogP contribution in [0.5, 0.6) is 0 Å². The highest BCUT2D eigenvalue weighted by Gasteiger charge is 2.31. The monoisotopic (exact) mass is 358 g/mol. The molecule has 2 aliphatic rings. The summed E-state index contributed by atoms with van der Waals surface area (Å²) < 4.78 is 6.89. The number of nitrogens with one attached hydrogen (secondary N) is 1. The van der Waals surface area contributed by atoms with Gasteiger partial charge in [-0.05, 0) is 53.0 Å². The van der Waals surface area contributed by atoms with Gasteiger partial charge in [-0.15, -0.1) is 0 Å². The Balaban J connectivity index is 1.44. The summed E-state index contributed by atoms with van der Waals surface area (Å²) in [6.45, 7) is 4.97. The Morgan fingerprint density at radius 3 is 3.20 bits per heavy atom. The fourth-order valence-corrected chi connectivity index (χ4v) is 3.58. The predicted molar refractivity (Wildman–Crippen MR) is 85.2 cm³/mol. The van der Waals surface area contributed by atoms with E-state index < -0.39 is 0 Å². The lowest BCUT2D eigenvalue weighted by Crippen LogP contribution is -2.49. The maximum Gasteiger partial charge on any atom is 0.0827 e. The second-order valence-corrected chi connectivity index (χ2v) is 6.89. The third-order valence-corrected chi connectivity index (χ3v) is 5.36. The van der Waals surface area contributed by atoms with E-state index in [1.54, 1.807) is 0 Å². The maximum absolute atomic E-state index is 6.00. The highest BCUT2D eigenvalue weighted by atomic mass is 79.9. The summed E-state index contributed by atoms with van der Waals surface area (Å²) in [5, 5.41) is 4.24. The van der Waals surface area contributed by atoms with Gasteiger partial charge in [-0.1, -0.05) is 17.7 Å². The van der Waals surface area contributed by atoms with Gasteiger partial charge in [0.1, 0.15) is 0 Å². The van der Waals surface area contributed by atoms with Crippen molar-refractivity contribution in [2.24, 2.45) is 0 Å². The normalized spacial score (nSPS) is 26.7. The van der Waals surface area contributed by atoms with Gasteiger partial charge in [-0.2, -0.15) is 0 Å². The van der Waals surface area contributed by atoms with Gasteiger partial charge in [0.25, 0.3) is 0 Å². The molecule has 2 atom stereocenters. The molecule has 2 fully saturated rings. The summed E-state index contributed by atoms with van der Waals surface area (Å²) in [5.41, 5.74) is 1.23. The second-order valence-electron chi connectivity index (χ2n) is 5.63. The summed E-state index contributed by atoms with van der Waals surface area (Å²) in [6, 6.07) is 6.72. The zero-order chi connectivity index (χ0) is 13.9. The average molecular weight is 360 g/mol. The van der Waals surface area contributed by atoms with Crippen LogP contribution in [0.15, 0.2) is 22.7 Å². The molecule has 110 valence electrons. The number of fused-ring (bicyclic) bond motifs is 1. The molecule has 3 nitrogen and oxygen atoms in total. The van der Waals surface area contributed by atoms with E-state index in [1.165, 1.54) is 24.9 Å². The number of ether oxygens (including phenoxy) is 1. The van der Waals surface area contributed by atoms with Crippen LogP contribution >= 0.6 is 27.5 Å². The second kappa shape index (κ2) is 6.75. The van der Waals surface area contributed by atoms with E-state index >= 15 is 0 Å². The molecule has 0 bridgehead atoms. The number of morpholine rings is 1. The molecular formula is C15H20BrClN2O. The molecule has 2 unspecified atom stereocenters. The van der Waals surface area contributed by atoms with Crippen LogP contribution in [0.4, 0.5) is 0 Å². The molecule has 20 heavy (non-hydrogen) atoms. The van der Waals surface area contributed by atoms with Crippen molar-refractivity contribution in [3.8, 4) is 0 Å². The minimum atomic E-state index is 0.320. The van der Waals surface area contributed by atoms with Crippen molar-refractivity contribution >= 4 is 27.5 Å². The number of benzene rings is 1. The van der Waals surface area contributed by atoms with Crippen molar-refractivity contribution in [1.82, 2.24) is 10.2 Å². The number of halogens is 2. The van der Waals surface area contributed by atoms with Crippen LogP contribution in [0.2, 0.25) is 5.02 Å². The van der Waals surface area contributed by atoms with E-state index in [0.717, 1.165) is 35.7 Å². The van der Waals surface area contributed by atoms with E-state index in [4.69, 9.17) is 16.3 Å². The van der Waals surface area contributed by atoms with Gasteiger partial charge in [-0.25, -0.2) is 0 Å². The molecule has 0 radical (unpaired) electrons. The first-order chi connectivity index (χ1) is 9.72. The summed E-state index contributed by atoms with van der Waals surface area (Å²) in [4.78, 5) is 2.58. The third kappa shape index (κ3) is 3.55. The quantitative estimate of drug-likeness (QED) is 0.894. The fraction of sp³-hybridized carbons (Fsp3) is 0.600. The van der Waals surface area contributed by atoms with E-state index in [9.17, 15) is 0 Å². The summed E-state index contributed by atoms with van der Waals surface area (Å²) in [5.74, 6) is 0. The molecule has 0 aromatic heterocycles. The Bertz CT molecular complexity index is 471. The molecule has 1 aromatic carbocycles. The number of hydrogen-bond donors (Lipinski definition) is 1. The Kier molecular flexibility index (Phi) is 5.00. The van der Waals surface area contributed by atoms with Crippen LogP contribution in [-0.4, -0.2) is 43.3 Å². The molecule has 2 saturated heterocycles. The largest absolute Gasteiger partial charge is 0.374 e. The minimum absolute atomic E-state index is 0.320. The van der Waals surface area contributed by atoms with Crippen LogP contribution in [0, 0.1) is 0 Å². The van der Waals surface area contributed by atoms with Gasteiger partial charge < -0.3 is 10.1 Å². The first-order valence-corrected chi connectivity index (χ1v) is 8.40. The molecule has 3 rings (SSSR count). The predicted octanol–water partition coefficient (Wildman–Crippen LogP) is 3.06. The van der Waals surface area contributed by atoms with E-state index in [1.807, 2.05) is 6.07 Å². The number of hydrogen-bond acceptors (Lipinski definition) is 3. The van der Waals surface area contributed by atoms with Crippen molar-refractivity contribution in [2.45, 2.75) is 31.5 Å². The third-order valence-electron chi connectivity index (χ3n) is 4.15. The zero-order valence-corrected chi connectivity index (χ0v) is 13.8. The maximum atomic E-state index is 6.00. The van der Waals surface area contributed by atoms with Gasteiger partial charge in [0.05, 0.1) is 17.7 Å². The zero-order valence-electron chi connectivity index (χ0n) is 11.4. The van der Waals surface area contributed by atoms with Gasteiger partial charge in [-0.3, -0.25) is 4.90 Å². The van der Waals surface area contributed by atoms with Crippen molar-refractivity contribution in [3.63, 3.8) is 0 Å². The smallest absolute Gasteiger partial charge is 0.0827 e.